The normalized spacial score (nSPS) is 14.3. The summed E-state index contributed by atoms with van der Waals surface area (Å²) in [6, 6.07) is 18.7. The van der Waals surface area contributed by atoms with Crippen LogP contribution >= 0.6 is 0 Å². The summed E-state index contributed by atoms with van der Waals surface area (Å²) in [5, 5.41) is 7.39. The van der Waals surface area contributed by atoms with Crippen molar-refractivity contribution in [3.05, 3.63) is 77.6 Å². The smallest absolute Gasteiger partial charge is 0.357 e. The highest BCUT2D eigenvalue weighted by molar-refractivity contribution is 5.97. The SMILES string of the molecule is Cc1cccc(NC(=O)[C@H](C)OC(=O)c2cc(C3CC3)nn2-c2ccccc2)c1. The summed E-state index contributed by atoms with van der Waals surface area (Å²) in [4.78, 5) is 25.3. The van der Waals surface area contributed by atoms with E-state index in [1.165, 1.54) is 0 Å². The molecule has 1 heterocycles. The Hall–Kier alpha value is -3.41. The van der Waals surface area contributed by atoms with Crippen molar-refractivity contribution in [2.24, 2.45) is 0 Å². The number of rotatable bonds is 6. The molecule has 1 aliphatic carbocycles. The standard InChI is InChI=1S/C23H23N3O3/c1-15-7-6-8-18(13-15)24-22(27)16(2)29-23(28)21-14-20(17-11-12-17)25-26(21)19-9-4-3-5-10-19/h3-10,13-14,16-17H,11-12H2,1-2H3,(H,24,27)/t16-/m0/s1. The molecule has 0 unspecified atom stereocenters. The molecule has 4 rings (SSSR count). The zero-order valence-corrected chi connectivity index (χ0v) is 16.5. The molecule has 1 saturated carbocycles. The zero-order chi connectivity index (χ0) is 20.4. The molecule has 29 heavy (non-hydrogen) atoms. The lowest BCUT2D eigenvalue weighted by atomic mass is 10.2. The largest absolute Gasteiger partial charge is 0.448 e. The second-order valence-corrected chi connectivity index (χ2v) is 7.38. The van der Waals surface area contributed by atoms with Crippen LogP contribution in [0.4, 0.5) is 5.69 Å². The summed E-state index contributed by atoms with van der Waals surface area (Å²) in [5.74, 6) is -0.550. The Balaban J connectivity index is 1.51. The Morgan fingerprint density at radius 3 is 2.55 bits per heavy atom. The zero-order valence-electron chi connectivity index (χ0n) is 16.5. The minimum Gasteiger partial charge on any atom is -0.448 e. The van der Waals surface area contributed by atoms with Crippen molar-refractivity contribution in [1.82, 2.24) is 9.78 Å². The van der Waals surface area contributed by atoms with E-state index < -0.39 is 12.1 Å². The highest BCUT2D eigenvalue weighted by Gasteiger charge is 2.30. The van der Waals surface area contributed by atoms with Crippen LogP contribution in [0.25, 0.3) is 5.69 Å². The molecule has 2 aromatic carbocycles. The van der Waals surface area contributed by atoms with Gasteiger partial charge in [0.25, 0.3) is 5.91 Å². The van der Waals surface area contributed by atoms with Crippen LogP contribution < -0.4 is 5.32 Å². The van der Waals surface area contributed by atoms with Crippen LogP contribution in [0, 0.1) is 6.92 Å². The maximum atomic E-state index is 12.9. The predicted molar refractivity (Wildman–Crippen MR) is 110 cm³/mol. The van der Waals surface area contributed by atoms with E-state index in [-0.39, 0.29) is 5.91 Å². The number of aromatic nitrogens is 2. The van der Waals surface area contributed by atoms with Gasteiger partial charge in [-0.15, -0.1) is 0 Å². The average Bonchev–Trinajstić information content (AvgIpc) is 3.46. The van der Waals surface area contributed by atoms with Crippen LogP contribution in [0.1, 0.15) is 47.4 Å². The molecule has 1 amide bonds. The molecule has 1 atom stereocenters. The monoisotopic (exact) mass is 389 g/mol. The minimum absolute atomic E-state index is 0.327. The van der Waals surface area contributed by atoms with E-state index in [0.717, 1.165) is 29.8 Å². The summed E-state index contributed by atoms with van der Waals surface area (Å²) in [6.07, 6.45) is 1.22. The highest BCUT2D eigenvalue weighted by atomic mass is 16.5. The number of benzene rings is 2. The van der Waals surface area contributed by atoms with Gasteiger partial charge in [0.15, 0.2) is 11.8 Å². The van der Waals surface area contributed by atoms with E-state index in [2.05, 4.69) is 10.4 Å². The third kappa shape index (κ3) is 4.37. The lowest BCUT2D eigenvalue weighted by Crippen LogP contribution is -2.30. The van der Waals surface area contributed by atoms with Gasteiger partial charge < -0.3 is 10.1 Å². The molecule has 3 aromatic rings. The summed E-state index contributed by atoms with van der Waals surface area (Å²) >= 11 is 0. The fourth-order valence-electron chi connectivity index (χ4n) is 3.13. The number of aryl methyl sites for hydroxylation is 1. The van der Waals surface area contributed by atoms with Gasteiger partial charge in [0, 0.05) is 11.6 Å². The average molecular weight is 389 g/mol. The number of hydrogen-bond donors (Lipinski definition) is 1. The molecule has 0 saturated heterocycles. The fourth-order valence-corrected chi connectivity index (χ4v) is 3.13. The van der Waals surface area contributed by atoms with Crippen molar-refractivity contribution in [1.29, 1.82) is 0 Å². The van der Waals surface area contributed by atoms with Crippen molar-refractivity contribution >= 4 is 17.6 Å². The minimum atomic E-state index is -0.938. The Labute approximate surface area is 169 Å². The quantitative estimate of drug-likeness (QED) is 0.640. The maximum Gasteiger partial charge on any atom is 0.357 e. The summed E-state index contributed by atoms with van der Waals surface area (Å²) in [6.45, 7) is 3.51. The third-order valence-corrected chi connectivity index (χ3v) is 4.87. The first-order valence-corrected chi connectivity index (χ1v) is 9.75. The summed E-state index contributed by atoms with van der Waals surface area (Å²) < 4.78 is 7.06. The van der Waals surface area contributed by atoms with Crippen LogP contribution in [0.2, 0.25) is 0 Å². The number of hydrogen-bond acceptors (Lipinski definition) is 4. The number of amides is 1. The number of nitrogens with zero attached hydrogens (tertiary/aromatic N) is 2. The number of nitrogens with one attached hydrogen (secondary N) is 1. The molecule has 0 radical (unpaired) electrons. The molecule has 6 nitrogen and oxygen atoms in total. The molecule has 1 N–H and O–H groups in total. The van der Waals surface area contributed by atoms with Crippen LogP contribution in [-0.2, 0) is 9.53 Å². The number of para-hydroxylation sites is 1. The second-order valence-electron chi connectivity index (χ2n) is 7.38. The van der Waals surface area contributed by atoms with E-state index in [4.69, 9.17) is 4.74 Å². The first-order valence-electron chi connectivity index (χ1n) is 9.75. The van der Waals surface area contributed by atoms with Gasteiger partial charge in [-0.05, 0) is 62.6 Å². The van der Waals surface area contributed by atoms with Gasteiger partial charge >= 0.3 is 5.97 Å². The second kappa shape index (κ2) is 7.91. The predicted octanol–water partition coefficient (Wildman–Crippen LogP) is 4.24. The number of esters is 1. The van der Waals surface area contributed by atoms with Crippen molar-refractivity contribution in [3.63, 3.8) is 0 Å². The molecule has 1 aromatic heterocycles. The molecule has 0 bridgehead atoms. The molecule has 1 fully saturated rings. The van der Waals surface area contributed by atoms with Crippen LogP contribution in [0.15, 0.2) is 60.7 Å². The first kappa shape index (κ1) is 18.9. The topological polar surface area (TPSA) is 73.2 Å². The van der Waals surface area contributed by atoms with Gasteiger partial charge in [-0.25, -0.2) is 9.48 Å². The fraction of sp³-hybridized carbons (Fsp3) is 0.261. The van der Waals surface area contributed by atoms with Crippen molar-refractivity contribution in [2.45, 2.75) is 38.7 Å². The van der Waals surface area contributed by atoms with Gasteiger partial charge in [0.2, 0.25) is 0 Å². The summed E-state index contributed by atoms with van der Waals surface area (Å²) in [7, 11) is 0. The number of ether oxygens (including phenoxy) is 1. The van der Waals surface area contributed by atoms with E-state index in [1.807, 2.05) is 55.5 Å². The van der Waals surface area contributed by atoms with Crippen LogP contribution in [-0.4, -0.2) is 27.8 Å². The molecular formula is C23H23N3O3. The molecule has 0 spiro atoms. The molecule has 148 valence electrons. The van der Waals surface area contributed by atoms with Crippen LogP contribution in [0.5, 0.6) is 0 Å². The first-order chi connectivity index (χ1) is 14.0. The Morgan fingerprint density at radius 2 is 1.86 bits per heavy atom. The van der Waals surface area contributed by atoms with Crippen molar-refractivity contribution in [3.8, 4) is 5.69 Å². The number of anilines is 1. The lowest BCUT2D eigenvalue weighted by Gasteiger charge is -2.14. The summed E-state index contributed by atoms with van der Waals surface area (Å²) in [5.41, 5.74) is 3.70. The van der Waals surface area contributed by atoms with Gasteiger partial charge in [-0.1, -0.05) is 30.3 Å². The molecule has 1 aliphatic rings. The third-order valence-electron chi connectivity index (χ3n) is 4.87. The lowest BCUT2D eigenvalue weighted by molar-refractivity contribution is -0.123. The van der Waals surface area contributed by atoms with Crippen molar-refractivity contribution < 1.29 is 14.3 Å². The van der Waals surface area contributed by atoms with E-state index >= 15 is 0 Å². The number of carbonyl (C=O) groups is 2. The van der Waals surface area contributed by atoms with Gasteiger partial charge in [0.1, 0.15) is 0 Å². The maximum absolute atomic E-state index is 12.9. The Bertz CT molecular complexity index is 1040. The molecular weight excluding hydrogens is 366 g/mol. The van der Waals surface area contributed by atoms with Gasteiger partial charge in [-0.3, -0.25) is 4.79 Å². The Kier molecular flexibility index (Phi) is 5.16. The Morgan fingerprint density at radius 1 is 1.10 bits per heavy atom. The van der Waals surface area contributed by atoms with Crippen LogP contribution in [0.3, 0.4) is 0 Å². The van der Waals surface area contributed by atoms with E-state index in [1.54, 1.807) is 23.7 Å². The highest BCUT2D eigenvalue weighted by Crippen LogP contribution is 2.39. The number of carbonyl (C=O) groups excluding carboxylic acids is 2. The van der Waals surface area contributed by atoms with E-state index in [0.29, 0.717) is 17.3 Å². The molecule has 6 heteroatoms. The van der Waals surface area contributed by atoms with E-state index in [9.17, 15) is 9.59 Å². The van der Waals surface area contributed by atoms with Gasteiger partial charge in [-0.2, -0.15) is 5.10 Å². The van der Waals surface area contributed by atoms with Crippen molar-refractivity contribution in [2.75, 3.05) is 5.32 Å². The molecule has 0 aliphatic heterocycles. The van der Waals surface area contributed by atoms with Gasteiger partial charge in [0.05, 0.1) is 11.4 Å².